The van der Waals surface area contributed by atoms with Crippen LogP contribution in [-0.2, 0) is 11.8 Å². The third-order valence-electron chi connectivity index (χ3n) is 4.59. The molecular formula is C18H17Cl2N5O2. The number of allylic oxidation sites excluding steroid dienone is 1. The van der Waals surface area contributed by atoms with Gasteiger partial charge >= 0.3 is 0 Å². The van der Waals surface area contributed by atoms with Gasteiger partial charge in [-0.2, -0.15) is 5.10 Å². The van der Waals surface area contributed by atoms with Crippen molar-refractivity contribution >= 4 is 35.2 Å². The standard InChI is InChI=1S/C18H17Cl2N5O2/c1-24-18(13(19)7-23-24)11-2-4-22-16(6-11)27-12-3-5-25(10-12)14-8-21-9-15(26)17(14)20/h2,4,6-8,12H,3,5,9-10H2,1H3/t12-/m1/s1. The SMILES string of the molecule is Cn1ncc(Cl)c1-c1ccnc(O[C@@H]2CCN(C3=C(Cl)C(=O)CN=C3)C2)c1. The lowest BCUT2D eigenvalue weighted by Gasteiger charge is -2.22. The second-order valence-corrected chi connectivity index (χ2v) is 7.20. The molecular weight excluding hydrogens is 389 g/mol. The van der Waals surface area contributed by atoms with Gasteiger partial charge < -0.3 is 9.64 Å². The Balaban J connectivity index is 1.48. The normalized spacial score (nSPS) is 19.9. The van der Waals surface area contributed by atoms with Crippen LogP contribution in [0.25, 0.3) is 11.3 Å². The first-order chi connectivity index (χ1) is 13.0. The van der Waals surface area contributed by atoms with E-state index in [0.29, 0.717) is 23.1 Å². The number of aromatic nitrogens is 3. The number of rotatable bonds is 4. The zero-order valence-corrected chi connectivity index (χ0v) is 16.1. The molecule has 27 heavy (non-hydrogen) atoms. The average molecular weight is 406 g/mol. The summed E-state index contributed by atoms with van der Waals surface area (Å²) in [4.78, 5) is 22.1. The quantitative estimate of drug-likeness (QED) is 0.781. The van der Waals surface area contributed by atoms with E-state index in [4.69, 9.17) is 27.9 Å². The highest BCUT2D eigenvalue weighted by molar-refractivity contribution is 6.44. The molecule has 0 spiro atoms. The number of ether oxygens (including phenoxy) is 1. The van der Waals surface area contributed by atoms with E-state index in [2.05, 4.69) is 15.1 Å². The van der Waals surface area contributed by atoms with Crippen LogP contribution >= 0.6 is 23.2 Å². The van der Waals surface area contributed by atoms with Gasteiger partial charge in [-0.05, 0) is 6.07 Å². The van der Waals surface area contributed by atoms with E-state index < -0.39 is 0 Å². The van der Waals surface area contributed by atoms with Gasteiger partial charge in [0, 0.05) is 44.1 Å². The minimum atomic E-state index is -0.152. The summed E-state index contributed by atoms with van der Waals surface area (Å²) in [6, 6.07) is 3.72. The maximum Gasteiger partial charge on any atom is 0.214 e. The fourth-order valence-corrected chi connectivity index (χ4v) is 3.78. The van der Waals surface area contributed by atoms with Gasteiger partial charge in [0.1, 0.15) is 17.7 Å². The Morgan fingerprint density at radius 1 is 1.33 bits per heavy atom. The maximum atomic E-state index is 11.7. The van der Waals surface area contributed by atoms with Gasteiger partial charge in [-0.15, -0.1) is 0 Å². The van der Waals surface area contributed by atoms with Crippen LogP contribution < -0.4 is 4.74 Å². The number of carbonyl (C=O) groups is 1. The van der Waals surface area contributed by atoms with Crippen LogP contribution in [0.4, 0.5) is 0 Å². The summed E-state index contributed by atoms with van der Waals surface area (Å²) in [5.74, 6) is 0.367. The molecule has 0 N–H and O–H groups in total. The van der Waals surface area contributed by atoms with E-state index in [1.54, 1.807) is 23.3 Å². The van der Waals surface area contributed by atoms with Crippen LogP contribution in [0.3, 0.4) is 0 Å². The van der Waals surface area contributed by atoms with E-state index in [0.717, 1.165) is 24.2 Å². The summed E-state index contributed by atoms with van der Waals surface area (Å²) in [6.45, 7) is 1.47. The topological polar surface area (TPSA) is 72.6 Å². The minimum absolute atomic E-state index is 0.0582. The molecule has 0 bridgehead atoms. The third-order valence-corrected chi connectivity index (χ3v) is 5.27. The van der Waals surface area contributed by atoms with E-state index >= 15 is 0 Å². The van der Waals surface area contributed by atoms with Crippen LogP contribution in [0.5, 0.6) is 5.88 Å². The number of nitrogens with zero attached hydrogens (tertiary/aromatic N) is 5. The van der Waals surface area contributed by atoms with Crippen molar-refractivity contribution in [3.8, 4) is 17.1 Å². The van der Waals surface area contributed by atoms with Crippen molar-refractivity contribution < 1.29 is 9.53 Å². The fraction of sp³-hybridized carbons (Fsp3) is 0.333. The highest BCUT2D eigenvalue weighted by Crippen LogP contribution is 2.30. The fourth-order valence-electron chi connectivity index (χ4n) is 3.28. The molecule has 4 rings (SSSR count). The molecule has 140 valence electrons. The van der Waals surface area contributed by atoms with Crippen molar-refractivity contribution in [2.24, 2.45) is 12.0 Å². The Labute approximate surface area is 166 Å². The molecule has 2 aliphatic rings. The monoisotopic (exact) mass is 405 g/mol. The summed E-state index contributed by atoms with van der Waals surface area (Å²) >= 11 is 12.4. The van der Waals surface area contributed by atoms with Crippen molar-refractivity contribution in [1.82, 2.24) is 19.7 Å². The molecule has 1 saturated heterocycles. The molecule has 0 unspecified atom stereocenters. The molecule has 0 radical (unpaired) electrons. The Bertz CT molecular complexity index is 933. The lowest BCUT2D eigenvalue weighted by Crippen LogP contribution is -2.28. The number of dihydropyridines is 1. The first-order valence-electron chi connectivity index (χ1n) is 8.51. The zero-order valence-electron chi connectivity index (χ0n) is 14.6. The minimum Gasteiger partial charge on any atom is -0.472 e. The highest BCUT2D eigenvalue weighted by atomic mass is 35.5. The molecule has 9 heteroatoms. The van der Waals surface area contributed by atoms with Crippen molar-refractivity contribution in [3.63, 3.8) is 0 Å². The number of aryl methyl sites for hydroxylation is 1. The van der Waals surface area contributed by atoms with Crippen molar-refractivity contribution in [3.05, 3.63) is 40.3 Å². The molecule has 1 fully saturated rings. The molecule has 2 aliphatic heterocycles. The first kappa shape index (κ1) is 18.0. The lowest BCUT2D eigenvalue weighted by atomic mass is 10.2. The number of hydrogen-bond donors (Lipinski definition) is 0. The summed E-state index contributed by atoms with van der Waals surface area (Å²) in [5, 5.41) is 4.98. The largest absolute Gasteiger partial charge is 0.472 e. The van der Waals surface area contributed by atoms with Gasteiger partial charge in [-0.1, -0.05) is 23.2 Å². The number of pyridine rings is 1. The summed E-state index contributed by atoms with van der Waals surface area (Å²) < 4.78 is 7.77. The number of hydrogen-bond acceptors (Lipinski definition) is 6. The number of halogens is 2. The maximum absolute atomic E-state index is 11.7. The van der Waals surface area contributed by atoms with Crippen LogP contribution in [0.2, 0.25) is 5.02 Å². The zero-order chi connectivity index (χ0) is 19.0. The third kappa shape index (κ3) is 3.57. The van der Waals surface area contributed by atoms with E-state index in [9.17, 15) is 4.79 Å². The van der Waals surface area contributed by atoms with Gasteiger partial charge in [0.15, 0.2) is 5.78 Å². The molecule has 2 aromatic heterocycles. The first-order valence-corrected chi connectivity index (χ1v) is 9.27. The molecule has 0 amide bonds. The van der Waals surface area contributed by atoms with Gasteiger partial charge in [-0.25, -0.2) is 4.98 Å². The highest BCUT2D eigenvalue weighted by Gasteiger charge is 2.29. The lowest BCUT2D eigenvalue weighted by molar-refractivity contribution is -0.113. The van der Waals surface area contributed by atoms with E-state index in [-0.39, 0.29) is 23.5 Å². The Hall–Kier alpha value is -2.38. The number of aliphatic imine (C=N–C) groups is 1. The number of ketones is 1. The summed E-state index contributed by atoms with van der Waals surface area (Å²) in [5.41, 5.74) is 2.36. The second-order valence-electron chi connectivity index (χ2n) is 6.41. The van der Waals surface area contributed by atoms with Gasteiger partial charge in [-0.3, -0.25) is 14.5 Å². The number of carbonyl (C=O) groups excluding carboxylic acids is 1. The van der Waals surface area contributed by atoms with Crippen LogP contribution in [0.1, 0.15) is 6.42 Å². The number of likely N-dealkylation sites (tertiary alicyclic amines) is 1. The molecule has 2 aromatic rings. The summed E-state index contributed by atoms with van der Waals surface area (Å²) in [6.07, 6.45) is 5.70. The van der Waals surface area contributed by atoms with Gasteiger partial charge in [0.05, 0.1) is 29.2 Å². The second kappa shape index (κ2) is 7.32. The molecule has 1 atom stereocenters. The molecule has 0 saturated carbocycles. The Morgan fingerprint density at radius 3 is 2.96 bits per heavy atom. The van der Waals surface area contributed by atoms with Crippen molar-refractivity contribution in [1.29, 1.82) is 0 Å². The molecule has 0 aliphatic carbocycles. The van der Waals surface area contributed by atoms with Gasteiger partial charge in [0.25, 0.3) is 0 Å². The van der Waals surface area contributed by atoms with Crippen LogP contribution in [0.15, 0.2) is 40.2 Å². The molecule has 4 heterocycles. The Morgan fingerprint density at radius 2 is 2.19 bits per heavy atom. The Kier molecular flexibility index (Phi) is 4.88. The van der Waals surface area contributed by atoms with Crippen molar-refractivity contribution in [2.75, 3.05) is 19.6 Å². The van der Waals surface area contributed by atoms with E-state index in [1.807, 2.05) is 24.1 Å². The number of Topliss-reactive ketones (excluding diaryl/α,β-unsaturated/α-hetero) is 1. The van der Waals surface area contributed by atoms with Gasteiger partial charge in [0.2, 0.25) is 5.88 Å². The predicted molar refractivity (Wildman–Crippen MR) is 103 cm³/mol. The molecule has 7 nitrogen and oxygen atoms in total. The van der Waals surface area contributed by atoms with Crippen LogP contribution in [-0.4, -0.2) is 57.4 Å². The summed E-state index contributed by atoms with van der Waals surface area (Å²) in [7, 11) is 1.83. The van der Waals surface area contributed by atoms with Crippen LogP contribution in [0, 0.1) is 0 Å². The molecule has 0 aromatic carbocycles. The van der Waals surface area contributed by atoms with E-state index in [1.165, 1.54) is 0 Å². The predicted octanol–water partition coefficient (Wildman–Crippen LogP) is 2.69. The van der Waals surface area contributed by atoms with Crippen molar-refractivity contribution in [2.45, 2.75) is 12.5 Å². The average Bonchev–Trinajstić information content (AvgIpc) is 3.24. The smallest absolute Gasteiger partial charge is 0.214 e.